The molecule has 0 aromatic carbocycles. The largest absolute Gasteiger partial charge is 0.379 e. The monoisotopic (exact) mass is 301 g/mol. The van der Waals surface area contributed by atoms with Gasteiger partial charge in [-0.1, -0.05) is 11.6 Å². The van der Waals surface area contributed by atoms with Crippen molar-refractivity contribution >= 4 is 17.5 Å². The van der Waals surface area contributed by atoms with E-state index in [9.17, 15) is 4.79 Å². The summed E-state index contributed by atoms with van der Waals surface area (Å²) in [5, 5.41) is 7.85. The van der Waals surface area contributed by atoms with Gasteiger partial charge in [-0.05, 0) is 34.1 Å². The zero-order valence-corrected chi connectivity index (χ0v) is 13.5. The van der Waals surface area contributed by atoms with Crippen molar-refractivity contribution in [2.45, 2.75) is 53.2 Å². The summed E-state index contributed by atoms with van der Waals surface area (Å²) < 4.78 is 7.18. The highest BCUT2D eigenvalue weighted by Gasteiger charge is 2.10. The van der Waals surface area contributed by atoms with Gasteiger partial charge in [0.15, 0.2) is 0 Å². The number of aryl methyl sites for hydroxylation is 2. The molecule has 0 saturated carbocycles. The van der Waals surface area contributed by atoms with E-state index in [1.54, 1.807) is 4.68 Å². The summed E-state index contributed by atoms with van der Waals surface area (Å²) in [6.45, 7) is 9.63. The number of nitrogens with one attached hydrogen (secondary N) is 1. The van der Waals surface area contributed by atoms with Crippen LogP contribution in [0.5, 0.6) is 0 Å². The maximum Gasteiger partial charge on any atom is 0.221 e. The molecule has 0 radical (unpaired) electrons. The van der Waals surface area contributed by atoms with Crippen LogP contribution < -0.4 is 5.32 Å². The Hall–Kier alpha value is -1.07. The predicted molar refractivity (Wildman–Crippen MR) is 80.0 cm³/mol. The van der Waals surface area contributed by atoms with E-state index in [4.69, 9.17) is 16.3 Å². The Balaban J connectivity index is 2.21. The Bertz CT molecular complexity index is 444. The van der Waals surface area contributed by atoms with Gasteiger partial charge in [0.2, 0.25) is 5.91 Å². The summed E-state index contributed by atoms with van der Waals surface area (Å²) in [4.78, 5) is 11.7. The van der Waals surface area contributed by atoms with Crippen molar-refractivity contribution in [3.63, 3.8) is 0 Å². The summed E-state index contributed by atoms with van der Waals surface area (Å²) in [6, 6.07) is 0. The van der Waals surface area contributed by atoms with Crippen LogP contribution in [0.2, 0.25) is 5.02 Å². The summed E-state index contributed by atoms with van der Waals surface area (Å²) >= 11 is 6.06. The minimum atomic E-state index is 0.0261. The van der Waals surface area contributed by atoms with E-state index in [0.29, 0.717) is 31.1 Å². The van der Waals surface area contributed by atoms with Crippen molar-refractivity contribution in [2.75, 3.05) is 13.2 Å². The van der Waals surface area contributed by atoms with Gasteiger partial charge in [-0.2, -0.15) is 5.10 Å². The summed E-state index contributed by atoms with van der Waals surface area (Å²) in [7, 11) is 0. The first kappa shape index (κ1) is 17.0. The number of aromatic nitrogens is 2. The molecule has 1 heterocycles. The van der Waals surface area contributed by atoms with Gasteiger partial charge in [-0.3, -0.25) is 9.48 Å². The van der Waals surface area contributed by atoms with Gasteiger partial charge in [0.25, 0.3) is 0 Å². The minimum Gasteiger partial charge on any atom is -0.379 e. The fourth-order valence-electron chi connectivity index (χ4n) is 1.81. The molecule has 0 bridgehead atoms. The molecule has 1 rings (SSSR count). The second-order valence-corrected chi connectivity index (χ2v) is 5.46. The van der Waals surface area contributed by atoms with E-state index in [1.807, 2.05) is 27.7 Å². The normalized spacial score (nSPS) is 11.1. The summed E-state index contributed by atoms with van der Waals surface area (Å²) in [6.07, 6.45) is 1.47. The fourth-order valence-corrected chi connectivity index (χ4v) is 1.94. The van der Waals surface area contributed by atoms with Crippen LogP contribution in [-0.4, -0.2) is 34.9 Å². The number of ether oxygens (including phenoxy) is 1. The van der Waals surface area contributed by atoms with Crippen LogP contribution in [0.25, 0.3) is 0 Å². The first-order chi connectivity index (χ1) is 9.41. The number of halogens is 1. The van der Waals surface area contributed by atoms with E-state index < -0.39 is 0 Å². The molecule has 1 aromatic heterocycles. The second-order valence-electron chi connectivity index (χ2n) is 5.08. The first-order valence-electron chi connectivity index (χ1n) is 6.99. The molecule has 114 valence electrons. The zero-order valence-electron chi connectivity index (χ0n) is 12.7. The summed E-state index contributed by atoms with van der Waals surface area (Å²) in [5.41, 5.74) is 1.71. The van der Waals surface area contributed by atoms with Crippen molar-refractivity contribution in [3.05, 3.63) is 16.4 Å². The Kier molecular flexibility index (Phi) is 7.02. The van der Waals surface area contributed by atoms with Crippen LogP contribution in [0.15, 0.2) is 0 Å². The van der Waals surface area contributed by atoms with Crippen LogP contribution in [0.4, 0.5) is 0 Å². The van der Waals surface area contributed by atoms with Crippen LogP contribution >= 0.6 is 11.6 Å². The van der Waals surface area contributed by atoms with Gasteiger partial charge in [-0.25, -0.2) is 0 Å². The number of rotatable bonds is 8. The van der Waals surface area contributed by atoms with Crippen LogP contribution in [0.1, 0.15) is 38.1 Å². The van der Waals surface area contributed by atoms with Gasteiger partial charge in [0, 0.05) is 19.6 Å². The van der Waals surface area contributed by atoms with E-state index >= 15 is 0 Å². The third-order valence-electron chi connectivity index (χ3n) is 2.94. The van der Waals surface area contributed by atoms with E-state index in [1.165, 1.54) is 0 Å². The lowest BCUT2D eigenvalue weighted by Crippen LogP contribution is -2.26. The molecule has 0 saturated heterocycles. The Morgan fingerprint density at radius 1 is 1.45 bits per heavy atom. The van der Waals surface area contributed by atoms with Gasteiger partial charge in [0.05, 0.1) is 29.1 Å². The lowest BCUT2D eigenvalue weighted by Gasteiger charge is -2.08. The highest BCUT2D eigenvalue weighted by atomic mass is 35.5. The Morgan fingerprint density at radius 3 is 2.70 bits per heavy atom. The highest BCUT2D eigenvalue weighted by molar-refractivity contribution is 6.31. The van der Waals surface area contributed by atoms with Crippen LogP contribution in [0, 0.1) is 13.8 Å². The van der Waals surface area contributed by atoms with E-state index in [-0.39, 0.29) is 12.0 Å². The molecule has 1 aromatic rings. The molecule has 1 N–H and O–H groups in total. The fraction of sp³-hybridized carbons (Fsp3) is 0.714. The maximum absolute atomic E-state index is 11.7. The van der Waals surface area contributed by atoms with Crippen LogP contribution in [0.3, 0.4) is 0 Å². The maximum atomic E-state index is 11.7. The molecule has 0 spiro atoms. The van der Waals surface area contributed by atoms with Gasteiger partial charge in [-0.15, -0.1) is 0 Å². The van der Waals surface area contributed by atoms with E-state index in [0.717, 1.165) is 17.8 Å². The molecule has 0 fully saturated rings. The Labute approximate surface area is 125 Å². The molecular weight excluding hydrogens is 278 g/mol. The quantitative estimate of drug-likeness (QED) is 0.751. The first-order valence-corrected chi connectivity index (χ1v) is 7.37. The van der Waals surface area contributed by atoms with Gasteiger partial charge >= 0.3 is 0 Å². The summed E-state index contributed by atoms with van der Waals surface area (Å²) in [5.74, 6) is 0.0261. The minimum absolute atomic E-state index is 0.0261. The smallest absolute Gasteiger partial charge is 0.221 e. The molecule has 0 aliphatic carbocycles. The van der Waals surface area contributed by atoms with Crippen LogP contribution in [-0.2, 0) is 16.1 Å². The third kappa shape index (κ3) is 5.51. The average molecular weight is 302 g/mol. The van der Waals surface area contributed by atoms with Gasteiger partial charge in [0.1, 0.15) is 0 Å². The third-order valence-corrected chi connectivity index (χ3v) is 3.49. The van der Waals surface area contributed by atoms with Crippen molar-refractivity contribution in [3.8, 4) is 0 Å². The number of hydrogen-bond donors (Lipinski definition) is 1. The van der Waals surface area contributed by atoms with Crippen molar-refractivity contribution in [1.29, 1.82) is 0 Å². The van der Waals surface area contributed by atoms with Crippen molar-refractivity contribution in [2.24, 2.45) is 0 Å². The molecule has 6 heteroatoms. The van der Waals surface area contributed by atoms with E-state index in [2.05, 4.69) is 10.4 Å². The second kappa shape index (κ2) is 8.27. The molecular formula is C14H24ClN3O2. The lowest BCUT2D eigenvalue weighted by molar-refractivity contribution is -0.121. The predicted octanol–water partition coefficient (Wildman–Crippen LogP) is 2.47. The Morgan fingerprint density at radius 2 is 2.15 bits per heavy atom. The lowest BCUT2D eigenvalue weighted by atomic mass is 10.3. The number of carbonyl (C=O) groups is 1. The number of nitrogens with zero attached hydrogens (tertiary/aromatic N) is 2. The van der Waals surface area contributed by atoms with Crippen molar-refractivity contribution in [1.82, 2.24) is 15.1 Å². The molecule has 0 atom stereocenters. The SMILES string of the molecule is Cc1nn(CCC(=O)NCCCOC(C)C)c(C)c1Cl. The topological polar surface area (TPSA) is 56.2 Å². The number of amides is 1. The zero-order chi connectivity index (χ0) is 15.1. The standard InChI is InChI=1S/C14H24ClN3O2/c1-10(2)20-9-5-7-16-13(19)6-8-18-12(4)14(15)11(3)17-18/h10H,5-9H2,1-4H3,(H,16,19). The van der Waals surface area contributed by atoms with Gasteiger partial charge < -0.3 is 10.1 Å². The number of carbonyl (C=O) groups excluding carboxylic acids is 1. The molecule has 0 aliphatic heterocycles. The molecule has 0 aliphatic rings. The molecule has 20 heavy (non-hydrogen) atoms. The number of hydrogen-bond acceptors (Lipinski definition) is 3. The molecule has 0 unspecified atom stereocenters. The van der Waals surface area contributed by atoms with Crippen molar-refractivity contribution < 1.29 is 9.53 Å². The molecule has 5 nitrogen and oxygen atoms in total. The average Bonchev–Trinajstić information content (AvgIpc) is 2.63. The highest BCUT2D eigenvalue weighted by Crippen LogP contribution is 2.18. The molecule has 1 amide bonds.